The minimum atomic E-state index is -2.48. The average Bonchev–Trinajstić information content (AvgIpc) is 2.52. The van der Waals surface area contributed by atoms with Gasteiger partial charge in [-0.1, -0.05) is 19.8 Å². The number of rotatable bonds is 12. The Kier molecular flexibility index (Phi) is 12.7. The minimum Gasteiger partial charge on any atom is -0.467 e. The van der Waals surface area contributed by atoms with Gasteiger partial charge in [0.15, 0.2) is 0 Å². The number of thiol groups is 1. The second-order valence-corrected chi connectivity index (χ2v) is 8.50. The molecule has 0 spiro atoms. The first kappa shape index (κ1) is 21.1. The molecule has 0 aliphatic rings. The summed E-state index contributed by atoms with van der Waals surface area (Å²) in [7, 11) is 2.37. The smallest absolute Gasteiger partial charge is 0.467 e. The fourth-order valence-electron chi connectivity index (χ4n) is 1.86. The van der Waals surface area contributed by atoms with Crippen LogP contribution in [0.15, 0.2) is 0 Å². The third-order valence-electron chi connectivity index (χ3n) is 3.22. The molecule has 0 heterocycles. The molecule has 0 saturated heterocycles. The molecule has 21 heavy (non-hydrogen) atoms. The van der Waals surface area contributed by atoms with E-state index in [-0.39, 0.29) is 6.10 Å². The lowest BCUT2D eigenvalue weighted by atomic mass is 10.2. The van der Waals surface area contributed by atoms with Gasteiger partial charge in [0.25, 0.3) is 5.17 Å². The largest absolute Gasteiger partial charge is 0.500 e. The maximum Gasteiger partial charge on any atom is 0.500 e. The summed E-state index contributed by atoms with van der Waals surface area (Å²) < 4.78 is 21.8. The van der Waals surface area contributed by atoms with E-state index in [0.29, 0.717) is 17.5 Å². The van der Waals surface area contributed by atoms with E-state index < -0.39 is 8.80 Å². The van der Waals surface area contributed by atoms with Gasteiger partial charge >= 0.3 is 8.80 Å². The summed E-state index contributed by atoms with van der Waals surface area (Å²) >= 11 is 9.48. The van der Waals surface area contributed by atoms with Crippen molar-refractivity contribution in [2.75, 3.05) is 33.6 Å². The summed E-state index contributed by atoms with van der Waals surface area (Å²) in [5.41, 5.74) is 0. The molecular formula is C13H29NO4S2Si. The minimum absolute atomic E-state index is 0.0821. The van der Waals surface area contributed by atoms with Gasteiger partial charge in [0.2, 0.25) is 0 Å². The van der Waals surface area contributed by atoms with Crippen molar-refractivity contribution in [1.29, 1.82) is 0 Å². The van der Waals surface area contributed by atoms with Gasteiger partial charge in [0.05, 0.1) is 0 Å². The van der Waals surface area contributed by atoms with E-state index in [0.717, 1.165) is 31.7 Å². The topological polar surface area (TPSA) is 49.0 Å². The highest BCUT2D eigenvalue weighted by molar-refractivity contribution is 7.80. The van der Waals surface area contributed by atoms with E-state index in [2.05, 4.69) is 24.9 Å². The average molecular weight is 356 g/mol. The van der Waals surface area contributed by atoms with Gasteiger partial charge in [-0.3, -0.25) is 0 Å². The number of thiocarbonyl (C=S) groups is 1. The Morgan fingerprint density at radius 3 is 2.29 bits per heavy atom. The predicted octanol–water partition coefficient (Wildman–Crippen LogP) is 2.63. The summed E-state index contributed by atoms with van der Waals surface area (Å²) in [6.07, 6.45) is 4.17. The second-order valence-electron chi connectivity index (χ2n) is 4.68. The van der Waals surface area contributed by atoms with Crippen molar-refractivity contribution in [3.05, 3.63) is 0 Å². The van der Waals surface area contributed by atoms with Crippen molar-refractivity contribution < 1.29 is 18.0 Å². The molecule has 0 bridgehead atoms. The molecule has 0 radical (unpaired) electrons. The van der Waals surface area contributed by atoms with Gasteiger partial charge in [-0.05, 0) is 25.1 Å². The lowest BCUT2D eigenvalue weighted by Gasteiger charge is -2.24. The van der Waals surface area contributed by atoms with E-state index in [1.807, 2.05) is 0 Å². The van der Waals surface area contributed by atoms with Crippen LogP contribution < -0.4 is 5.32 Å². The highest BCUT2D eigenvalue weighted by atomic mass is 32.1. The Morgan fingerprint density at radius 2 is 1.81 bits per heavy atom. The number of hydrogen-bond acceptors (Lipinski definition) is 6. The molecule has 0 aromatic heterocycles. The molecule has 0 aromatic carbocycles. The molecule has 0 aliphatic heterocycles. The van der Waals surface area contributed by atoms with Crippen LogP contribution in [0.2, 0.25) is 6.04 Å². The summed E-state index contributed by atoms with van der Waals surface area (Å²) in [6.45, 7) is 2.86. The van der Waals surface area contributed by atoms with Crippen LogP contribution in [-0.4, -0.2) is 53.7 Å². The zero-order chi connectivity index (χ0) is 16.1. The zero-order valence-electron chi connectivity index (χ0n) is 13.5. The van der Waals surface area contributed by atoms with Gasteiger partial charge in [-0.25, -0.2) is 0 Å². The number of ether oxygens (including phenoxy) is 1. The van der Waals surface area contributed by atoms with E-state index in [1.165, 1.54) is 0 Å². The maximum absolute atomic E-state index is 5.67. The molecule has 1 atom stereocenters. The van der Waals surface area contributed by atoms with Crippen molar-refractivity contribution in [3.8, 4) is 0 Å². The Labute approximate surface area is 140 Å². The fourth-order valence-corrected chi connectivity index (χ4v) is 4.08. The highest BCUT2D eigenvalue weighted by Crippen LogP contribution is 2.14. The molecule has 5 nitrogen and oxygen atoms in total. The van der Waals surface area contributed by atoms with Crippen LogP contribution in [0.5, 0.6) is 0 Å². The third-order valence-corrected chi connectivity index (χ3v) is 6.70. The molecule has 0 aromatic rings. The van der Waals surface area contributed by atoms with E-state index in [1.54, 1.807) is 21.3 Å². The second kappa shape index (κ2) is 12.7. The summed E-state index contributed by atoms with van der Waals surface area (Å²) in [5.74, 6) is 0.675. The molecule has 0 fully saturated rings. The molecule has 1 unspecified atom stereocenters. The molecule has 0 aliphatic carbocycles. The highest BCUT2D eigenvalue weighted by Gasteiger charge is 2.36. The summed E-state index contributed by atoms with van der Waals surface area (Å²) in [5, 5.41) is 3.53. The molecule has 0 saturated carbocycles. The summed E-state index contributed by atoms with van der Waals surface area (Å²) in [4.78, 5) is 0. The van der Waals surface area contributed by atoms with E-state index in [4.69, 9.17) is 30.2 Å². The number of hydrogen-bond donors (Lipinski definition) is 2. The van der Waals surface area contributed by atoms with Crippen LogP contribution in [-0.2, 0) is 18.0 Å². The maximum atomic E-state index is 5.67. The van der Waals surface area contributed by atoms with Crippen molar-refractivity contribution in [3.63, 3.8) is 0 Å². The van der Waals surface area contributed by atoms with Crippen molar-refractivity contribution in [2.24, 2.45) is 0 Å². The number of unbranched alkanes of at least 4 members (excludes halogenated alkanes) is 1. The quantitative estimate of drug-likeness (QED) is 0.243. The molecule has 0 rings (SSSR count). The van der Waals surface area contributed by atoms with Crippen LogP contribution in [0, 0.1) is 0 Å². The SMILES string of the molecule is CCCCC(CS)OC(=S)NCCC[Si](OC)(OC)OC. The van der Waals surface area contributed by atoms with Crippen molar-refractivity contribution >= 4 is 38.8 Å². The van der Waals surface area contributed by atoms with Gasteiger partial charge in [0.1, 0.15) is 6.10 Å². The first-order valence-electron chi connectivity index (χ1n) is 7.28. The molecule has 126 valence electrons. The van der Waals surface area contributed by atoms with Gasteiger partial charge in [-0.15, -0.1) is 0 Å². The van der Waals surface area contributed by atoms with Crippen LogP contribution in [0.25, 0.3) is 0 Å². The van der Waals surface area contributed by atoms with Crippen molar-refractivity contribution in [2.45, 2.75) is 44.8 Å². The number of nitrogens with one attached hydrogen (secondary N) is 1. The lowest BCUT2D eigenvalue weighted by molar-refractivity contribution is 0.123. The third kappa shape index (κ3) is 8.99. The molecular weight excluding hydrogens is 326 g/mol. The van der Waals surface area contributed by atoms with Crippen LogP contribution in [0.3, 0.4) is 0 Å². The molecule has 1 N–H and O–H groups in total. The van der Waals surface area contributed by atoms with Gasteiger partial charge < -0.3 is 23.3 Å². The van der Waals surface area contributed by atoms with Gasteiger partial charge in [-0.2, -0.15) is 12.6 Å². The Morgan fingerprint density at radius 1 is 1.19 bits per heavy atom. The fraction of sp³-hybridized carbons (Fsp3) is 0.923. The molecule has 0 amide bonds. The standard InChI is InChI=1S/C13H29NO4S2Si/c1-5-6-8-12(11-19)18-13(20)14-9-7-10-21(15-2,16-3)17-4/h12,19H,5-11H2,1-4H3,(H,14,20). The van der Waals surface area contributed by atoms with Crippen molar-refractivity contribution in [1.82, 2.24) is 5.32 Å². The lowest BCUT2D eigenvalue weighted by Crippen LogP contribution is -2.43. The molecule has 8 heteroatoms. The monoisotopic (exact) mass is 355 g/mol. The Balaban J connectivity index is 3.93. The van der Waals surface area contributed by atoms with Crippen LogP contribution >= 0.6 is 24.8 Å². The first-order valence-corrected chi connectivity index (χ1v) is 10.3. The Hall–Kier alpha value is 0.137. The zero-order valence-corrected chi connectivity index (χ0v) is 16.2. The van der Waals surface area contributed by atoms with Gasteiger partial charge in [0, 0.05) is 39.7 Å². The predicted molar refractivity (Wildman–Crippen MR) is 95.1 cm³/mol. The van der Waals surface area contributed by atoms with E-state index in [9.17, 15) is 0 Å². The van der Waals surface area contributed by atoms with Crippen LogP contribution in [0.1, 0.15) is 32.6 Å². The Bertz CT molecular complexity index is 273. The summed E-state index contributed by atoms with van der Waals surface area (Å²) in [6, 6.07) is 0.734. The van der Waals surface area contributed by atoms with E-state index >= 15 is 0 Å². The van der Waals surface area contributed by atoms with Crippen LogP contribution in [0.4, 0.5) is 0 Å². The normalized spacial score (nSPS) is 13.0. The first-order chi connectivity index (χ1) is 10.1.